The van der Waals surface area contributed by atoms with Gasteiger partial charge in [-0.3, -0.25) is 4.79 Å². The molecule has 0 aromatic heterocycles. The van der Waals surface area contributed by atoms with Crippen LogP contribution in [0, 0.1) is 6.92 Å². The Morgan fingerprint density at radius 2 is 2.04 bits per heavy atom. The largest absolute Gasteiger partial charge is 0.492 e. The molecule has 128 valence electrons. The van der Waals surface area contributed by atoms with Crippen molar-refractivity contribution < 1.29 is 9.53 Å². The smallest absolute Gasteiger partial charge is 0.224 e. The molecule has 0 heterocycles. The molecule has 0 spiro atoms. The van der Waals surface area contributed by atoms with Crippen LogP contribution >= 0.6 is 27.5 Å². The van der Waals surface area contributed by atoms with Crippen molar-refractivity contribution in [2.75, 3.05) is 11.9 Å². The van der Waals surface area contributed by atoms with E-state index in [1.807, 2.05) is 25.1 Å². The topological polar surface area (TPSA) is 38.3 Å². The molecule has 0 aliphatic carbocycles. The van der Waals surface area contributed by atoms with Gasteiger partial charge in [-0.1, -0.05) is 30.7 Å². The lowest BCUT2D eigenvalue weighted by Crippen LogP contribution is -2.13. The normalized spacial score (nSPS) is 10.5. The Morgan fingerprint density at radius 1 is 1.25 bits per heavy atom. The third kappa shape index (κ3) is 5.53. The molecule has 1 N–H and O–H groups in total. The van der Waals surface area contributed by atoms with E-state index in [1.165, 1.54) is 5.56 Å². The van der Waals surface area contributed by atoms with Gasteiger partial charge in [-0.2, -0.15) is 0 Å². The van der Waals surface area contributed by atoms with Crippen molar-refractivity contribution in [2.24, 2.45) is 0 Å². The molecule has 0 aliphatic heterocycles. The zero-order valence-corrected chi connectivity index (χ0v) is 16.2. The number of anilines is 1. The number of rotatable bonds is 7. The van der Waals surface area contributed by atoms with E-state index in [1.54, 1.807) is 6.07 Å². The van der Waals surface area contributed by atoms with Crippen molar-refractivity contribution in [3.05, 3.63) is 57.0 Å². The van der Waals surface area contributed by atoms with E-state index >= 15 is 0 Å². The highest BCUT2D eigenvalue weighted by Gasteiger charge is 2.07. The standard InChI is InChI=1S/C19H21BrClNO2/c1-3-14-7-9-18(16(20)11-14)24-10-4-5-19(23)22-17-12-15(21)8-6-13(17)2/h6-9,11-12H,3-5,10H2,1-2H3,(H,22,23). The van der Waals surface area contributed by atoms with Gasteiger partial charge in [-0.15, -0.1) is 0 Å². The van der Waals surface area contributed by atoms with Gasteiger partial charge in [-0.25, -0.2) is 0 Å². The third-order valence-electron chi connectivity index (χ3n) is 3.68. The molecule has 0 saturated heterocycles. The van der Waals surface area contributed by atoms with Gasteiger partial charge in [0.15, 0.2) is 0 Å². The second kappa shape index (κ2) is 9.09. The molecule has 1 amide bonds. The summed E-state index contributed by atoms with van der Waals surface area (Å²) in [5, 5.41) is 3.50. The van der Waals surface area contributed by atoms with E-state index in [2.05, 4.69) is 40.3 Å². The molecule has 0 unspecified atom stereocenters. The maximum Gasteiger partial charge on any atom is 0.224 e. The van der Waals surface area contributed by atoms with Crippen molar-refractivity contribution in [3.8, 4) is 5.75 Å². The van der Waals surface area contributed by atoms with E-state index in [-0.39, 0.29) is 5.91 Å². The summed E-state index contributed by atoms with van der Waals surface area (Å²) in [4.78, 5) is 12.0. The molecule has 2 aromatic rings. The van der Waals surface area contributed by atoms with Crippen molar-refractivity contribution in [2.45, 2.75) is 33.1 Å². The first-order valence-electron chi connectivity index (χ1n) is 7.97. The predicted molar refractivity (Wildman–Crippen MR) is 103 cm³/mol. The zero-order valence-electron chi connectivity index (χ0n) is 13.9. The van der Waals surface area contributed by atoms with Gasteiger partial charge >= 0.3 is 0 Å². The summed E-state index contributed by atoms with van der Waals surface area (Å²) in [6.45, 7) is 4.54. The molecule has 0 aliphatic rings. The molecule has 2 aromatic carbocycles. The molecule has 3 nitrogen and oxygen atoms in total. The van der Waals surface area contributed by atoms with Crippen molar-refractivity contribution in [3.63, 3.8) is 0 Å². The monoisotopic (exact) mass is 409 g/mol. The van der Waals surface area contributed by atoms with Gasteiger partial charge < -0.3 is 10.1 Å². The lowest BCUT2D eigenvalue weighted by molar-refractivity contribution is -0.116. The number of hydrogen-bond acceptors (Lipinski definition) is 2. The summed E-state index contributed by atoms with van der Waals surface area (Å²) in [5.41, 5.74) is 3.00. The minimum atomic E-state index is -0.0376. The molecule has 24 heavy (non-hydrogen) atoms. The Hall–Kier alpha value is -1.52. The van der Waals surface area contributed by atoms with Gasteiger partial charge in [0, 0.05) is 17.1 Å². The molecular weight excluding hydrogens is 390 g/mol. The highest BCUT2D eigenvalue weighted by molar-refractivity contribution is 9.10. The minimum absolute atomic E-state index is 0.0376. The van der Waals surface area contributed by atoms with Crippen LogP contribution in [-0.4, -0.2) is 12.5 Å². The van der Waals surface area contributed by atoms with Gasteiger partial charge in [-0.05, 0) is 71.1 Å². The first-order valence-corrected chi connectivity index (χ1v) is 9.14. The van der Waals surface area contributed by atoms with Crippen LogP contribution in [0.4, 0.5) is 5.69 Å². The molecule has 0 radical (unpaired) electrons. The van der Waals surface area contributed by atoms with Crippen LogP contribution in [0.1, 0.15) is 30.9 Å². The van der Waals surface area contributed by atoms with E-state index in [4.69, 9.17) is 16.3 Å². The number of carbonyl (C=O) groups is 1. The molecule has 0 fully saturated rings. The van der Waals surface area contributed by atoms with Crippen LogP contribution in [0.3, 0.4) is 0 Å². The van der Waals surface area contributed by atoms with Gasteiger partial charge in [0.1, 0.15) is 5.75 Å². The van der Waals surface area contributed by atoms with Crippen LogP contribution < -0.4 is 10.1 Å². The molecule has 0 atom stereocenters. The van der Waals surface area contributed by atoms with Crippen molar-refractivity contribution in [1.82, 2.24) is 0 Å². The van der Waals surface area contributed by atoms with E-state index in [0.717, 1.165) is 27.9 Å². The average molecular weight is 411 g/mol. The molecule has 2 rings (SSSR count). The highest BCUT2D eigenvalue weighted by atomic mass is 79.9. The van der Waals surface area contributed by atoms with Crippen LogP contribution in [0.5, 0.6) is 5.75 Å². The van der Waals surface area contributed by atoms with Crippen molar-refractivity contribution >= 4 is 39.1 Å². The number of carbonyl (C=O) groups excluding carboxylic acids is 1. The van der Waals surface area contributed by atoms with E-state index in [0.29, 0.717) is 24.5 Å². The Bertz CT molecular complexity index is 719. The maximum absolute atomic E-state index is 12.0. The fourth-order valence-electron chi connectivity index (χ4n) is 2.24. The highest BCUT2D eigenvalue weighted by Crippen LogP contribution is 2.26. The summed E-state index contributed by atoms with van der Waals surface area (Å²) in [6, 6.07) is 11.5. The lowest BCUT2D eigenvalue weighted by Gasteiger charge is -2.10. The Kier molecular flexibility index (Phi) is 7.13. The minimum Gasteiger partial charge on any atom is -0.492 e. The fraction of sp³-hybridized carbons (Fsp3) is 0.316. The summed E-state index contributed by atoms with van der Waals surface area (Å²) in [6.07, 6.45) is 2.03. The number of aryl methyl sites for hydroxylation is 2. The summed E-state index contributed by atoms with van der Waals surface area (Å²) in [5.74, 6) is 0.766. The van der Waals surface area contributed by atoms with Crippen LogP contribution in [0.15, 0.2) is 40.9 Å². The SMILES string of the molecule is CCc1ccc(OCCCC(=O)Nc2cc(Cl)ccc2C)c(Br)c1. The fourth-order valence-corrected chi connectivity index (χ4v) is 2.95. The van der Waals surface area contributed by atoms with Crippen LogP contribution in [-0.2, 0) is 11.2 Å². The van der Waals surface area contributed by atoms with E-state index < -0.39 is 0 Å². The van der Waals surface area contributed by atoms with Gasteiger partial charge in [0.2, 0.25) is 5.91 Å². The number of benzene rings is 2. The molecule has 0 bridgehead atoms. The van der Waals surface area contributed by atoms with Gasteiger partial charge in [0.25, 0.3) is 0 Å². The number of amides is 1. The number of hydrogen-bond donors (Lipinski definition) is 1. The zero-order chi connectivity index (χ0) is 17.5. The molecular formula is C19H21BrClNO2. The Labute approximate surface area is 156 Å². The first kappa shape index (κ1) is 18.8. The van der Waals surface area contributed by atoms with Gasteiger partial charge in [0.05, 0.1) is 11.1 Å². The second-order valence-corrected chi connectivity index (χ2v) is 6.87. The van der Waals surface area contributed by atoms with Crippen molar-refractivity contribution in [1.29, 1.82) is 0 Å². The Morgan fingerprint density at radius 3 is 2.75 bits per heavy atom. The molecule has 0 saturated carbocycles. The third-order valence-corrected chi connectivity index (χ3v) is 4.54. The quantitative estimate of drug-likeness (QED) is 0.588. The van der Waals surface area contributed by atoms with E-state index in [9.17, 15) is 4.79 Å². The average Bonchev–Trinajstić information content (AvgIpc) is 2.56. The Balaban J connectivity index is 1.78. The molecule has 5 heteroatoms. The number of nitrogens with one attached hydrogen (secondary N) is 1. The number of ether oxygens (including phenoxy) is 1. The predicted octanol–water partition coefficient (Wildman–Crippen LogP) is 5.77. The summed E-state index contributed by atoms with van der Waals surface area (Å²) < 4.78 is 6.68. The number of halogens is 2. The summed E-state index contributed by atoms with van der Waals surface area (Å²) >= 11 is 9.47. The summed E-state index contributed by atoms with van der Waals surface area (Å²) in [7, 11) is 0. The first-order chi connectivity index (χ1) is 11.5. The van der Waals surface area contributed by atoms with Crippen LogP contribution in [0.25, 0.3) is 0 Å². The lowest BCUT2D eigenvalue weighted by atomic mass is 10.2. The van der Waals surface area contributed by atoms with Crippen LogP contribution in [0.2, 0.25) is 5.02 Å². The second-order valence-electron chi connectivity index (χ2n) is 5.58. The maximum atomic E-state index is 12.0.